The van der Waals surface area contributed by atoms with Gasteiger partial charge in [0.2, 0.25) is 0 Å². The first-order chi connectivity index (χ1) is 16.0. The van der Waals surface area contributed by atoms with Gasteiger partial charge in [-0.05, 0) is 52.1 Å². The molecule has 0 fully saturated rings. The fourth-order valence-corrected chi connectivity index (χ4v) is 4.33. The molecule has 1 aliphatic rings. The maximum atomic E-state index is 13.2. The molecular weight excluding hydrogens is 414 g/mol. The van der Waals surface area contributed by atoms with E-state index in [4.69, 9.17) is 0 Å². The topological polar surface area (TPSA) is 83.5 Å². The van der Waals surface area contributed by atoms with E-state index in [0.29, 0.717) is 27.9 Å². The van der Waals surface area contributed by atoms with Crippen molar-refractivity contribution in [2.75, 3.05) is 5.32 Å². The molecule has 1 aliphatic carbocycles. The maximum absolute atomic E-state index is 13.2. The summed E-state index contributed by atoms with van der Waals surface area (Å²) >= 11 is 0. The van der Waals surface area contributed by atoms with Gasteiger partial charge in [0, 0.05) is 23.2 Å². The van der Waals surface area contributed by atoms with Crippen LogP contribution in [0, 0.1) is 0 Å². The van der Waals surface area contributed by atoms with Crippen LogP contribution in [0.15, 0.2) is 91.0 Å². The number of carboxylic acid groups (broad SMARTS) is 1. The van der Waals surface area contributed by atoms with Crippen LogP contribution in [0.1, 0.15) is 36.6 Å². The number of hydrogen-bond donors (Lipinski definition) is 2. The van der Waals surface area contributed by atoms with E-state index in [-0.39, 0.29) is 23.7 Å². The number of ketones is 1. The van der Waals surface area contributed by atoms with Crippen molar-refractivity contribution in [1.29, 1.82) is 0 Å². The maximum Gasteiger partial charge on any atom is 0.336 e. The molecule has 4 aromatic rings. The van der Waals surface area contributed by atoms with E-state index in [1.807, 2.05) is 42.5 Å². The molecule has 5 rings (SSSR count). The summed E-state index contributed by atoms with van der Waals surface area (Å²) in [5, 5.41) is 12.5. The first kappa shape index (κ1) is 20.4. The number of hydrogen-bond acceptors (Lipinski definition) is 3. The van der Waals surface area contributed by atoms with E-state index < -0.39 is 5.97 Å². The highest BCUT2D eigenvalue weighted by atomic mass is 16.4. The predicted octanol–water partition coefficient (Wildman–Crippen LogP) is 5.71. The minimum absolute atomic E-state index is 0.0530. The number of benzene rings is 4. The number of Topliss-reactive ketones (excluding diaryl/α,β-unsaturated/α-hetero) is 1. The summed E-state index contributed by atoms with van der Waals surface area (Å²) in [6, 6.07) is 26.6. The molecule has 0 heterocycles. The molecule has 0 aliphatic heterocycles. The predicted molar refractivity (Wildman–Crippen MR) is 127 cm³/mol. The highest BCUT2D eigenvalue weighted by Crippen LogP contribution is 2.35. The summed E-state index contributed by atoms with van der Waals surface area (Å²) < 4.78 is 0. The van der Waals surface area contributed by atoms with Gasteiger partial charge in [-0.2, -0.15) is 0 Å². The number of carbonyl (C=O) groups is 3. The minimum Gasteiger partial charge on any atom is -0.478 e. The van der Waals surface area contributed by atoms with Crippen LogP contribution in [0.4, 0.5) is 5.69 Å². The second kappa shape index (κ2) is 8.20. The number of carbonyl (C=O) groups excluding carboxylic acids is 2. The lowest BCUT2D eigenvalue weighted by molar-refractivity contribution is 0.0697. The normalized spacial score (nSPS) is 11.9. The summed E-state index contributed by atoms with van der Waals surface area (Å²) in [6.07, 6.45) is 0.276. The van der Waals surface area contributed by atoms with E-state index >= 15 is 0 Å². The molecule has 2 N–H and O–H groups in total. The molecule has 5 nitrogen and oxygen atoms in total. The van der Waals surface area contributed by atoms with E-state index in [1.54, 1.807) is 42.5 Å². The molecule has 0 atom stereocenters. The van der Waals surface area contributed by atoms with Crippen molar-refractivity contribution in [2.45, 2.75) is 6.42 Å². The monoisotopic (exact) mass is 433 g/mol. The van der Waals surface area contributed by atoms with Gasteiger partial charge in [-0.25, -0.2) is 4.79 Å². The number of aromatic carboxylic acids is 1. The molecular formula is C28H19NO4. The zero-order chi connectivity index (χ0) is 22.9. The highest BCUT2D eigenvalue weighted by molar-refractivity contribution is 6.11. The van der Waals surface area contributed by atoms with Crippen molar-refractivity contribution in [2.24, 2.45) is 0 Å². The molecule has 0 aromatic heterocycles. The molecule has 5 heteroatoms. The minimum atomic E-state index is -1.06. The summed E-state index contributed by atoms with van der Waals surface area (Å²) in [6.45, 7) is 0. The first-order valence-electron chi connectivity index (χ1n) is 10.5. The zero-order valence-corrected chi connectivity index (χ0v) is 17.5. The average molecular weight is 433 g/mol. The Kier molecular flexibility index (Phi) is 5.07. The number of fused-ring (bicyclic) bond motifs is 3. The van der Waals surface area contributed by atoms with Crippen LogP contribution in [0.5, 0.6) is 0 Å². The second-order valence-electron chi connectivity index (χ2n) is 7.87. The van der Waals surface area contributed by atoms with Gasteiger partial charge in [-0.15, -0.1) is 0 Å². The van der Waals surface area contributed by atoms with Crippen LogP contribution < -0.4 is 5.32 Å². The summed E-state index contributed by atoms with van der Waals surface area (Å²) in [5.74, 6) is -1.36. The smallest absolute Gasteiger partial charge is 0.336 e. The summed E-state index contributed by atoms with van der Waals surface area (Å²) in [7, 11) is 0. The Morgan fingerprint density at radius 3 is 1.94 bits per heavy atom. The third-order valence-electron chi connectivity index (χ3n) is 5.85. The summed E-state index contributed by atoms with van der Waals surface area (Å²) in [5.41, 5.74) is 5.55. The number of nitrogens with one attached hydrogen (secondary N) is 1. The van der Waals surface area contributed by atoms with Gasteiger partial charge >= 0.3 is 5.97 Å². The lowest BCUT2D eigenvalue weighted by Gasteiger charge is -2.20. The van der Waals surface area contributed by atoms with Crippen LogP contribution in [-0.2, 0) is 6.42 Å². The first-order valence-corrected chi connectivity index (χ1v) is 10.5. The van der Waals surface area contributed by atoms with Crippen LogP contribution in [-0.4, -0.2) is 22.8 Å². The Morgan fingerprint density at radius 1 is 0.667 bits per heavy atom. The molecule has 0 spiro atoms. The standard InChI is InChI=1S/C28H19NO4/c30-26-16-17-15-18(13-14-19(17)20-7-1-4-10-23(20)26)29-27(31)24-11-5-2-8-21(24)22-9-3-6-12-25(22)28(32)33/h1-15H,16H2,(H,29,31)(H,32,33). The Labute approximate surface area is 190 Å². The van der Waals surface area contributed by atoms with Crippen LogP contribution in [0.25, 0.3) is 22.3 Å². The summed E-state index contributed by atoms with van der Waals surface area (Å²) in [4.78, 5) is 37.4. The van der Waals surface area contributed by atoms with Crippen LogP contribution >= 0.6 is 0 Å². The number of rotatable bonds is 4. The van der Waals surface area contributed by atoms with E-state index in [2.05, 4.69) is 5.32 Å². The number of carboxylic acids is 1. The Morgan fingerprint density at radius 2 is 1.24 bits per heavy atom. The van der Waals surface area contributed by atoms with Gasteiger partial charge in [0.1, 0.15) is 0 Å². The van der Waals surface area contributed by atoms with Gasteiger partial charge < -0.3 is 10.4 Å². The molecule has 0 radical (unpaired) electrons. The molecule has 0 saturated carbocycles. The van der Waals surface area contributed by atoms with Crippen molar-refractivity contribution < 1.29 is 19.5 Å². The van der Waals surface area contributed by atoms with Gasteiger partial charge in [0.05, 0.1) is 5.56 Å². The largest absolute Gasteiger partial charge is 0.478 e. The van der Waals surface area contributed by atoms with Gasteiger partial charge in [-0.1, -0.05) is 66.7 Å². The Bertz CT molecular complexity index is 1440. The molecule has 33 heavy (non-hydrogen) atoms. The van der Waals surface area contributed by atoms with E-state index in [9.17, 15) is 19.5 Å². The van der Waals surface area contributed by atoms with Crippen LogP contribution in [0.3, 0.4) is 0 Å². The molecule has 160 valence electrons. The van der Waals surface area contributed by atoms with E-state index in [0.717, 1.165) is 16.7 Å². The molecule has 4 aromatic carbocycles. The fourth-order valence-electron chi connectivity index (χ4n) is 4.33. The second-order valence-corrected chi connectivity index (χ2v) is 7.87. The van der Waals surface area contributed by atoms with Crippen molar-refractivity contribution >= 4 is 23.3 Å². The van der Waals surface area contributed by atoms with Gasteiger partial charge in [0.15, 0.2) is 5.78 Å². The zero-order valence-electron chi connectivity index (χ0n) is 17.5. The Balaban J connectivity index is 1.49. The number of anilines is 1. The molecule has 0 bridgehead atoms. The van der Waals surface area contributed by atoms with Gasteiger partial charge in [0.25, 0.3) is 5.91 Å². The molecule has 0 saturated heterocycles. The van der Waals surface area contributed by atoms with Crippen LogP contribution in [0.2, 0.25) is 0 Å². The van der Waals surface area contributed by atoms with E-state index in [1.165, 1.54) is 6.07 Å². The van der Waals surface area contributed by atoms with Crippen molar-refractivity contribution in [3.8, 4) is 22.3 Å². The van der Waals surface area contributed by atoms with Gasteiger partial charge in [-0.3, -0.25) is 9.59 Å². The SMILES string of the molecule is O=C1Cc2cc(NC(=O)c3ccccc3-c3ccccc3C(=O)O)ccc2-c2ccccc21. The lowest BCUT2D eigenvalue weighted by atomic mass is 9.84. The average Bonchev–Trinajstić information content (AvgIpc) is 2.84. The lowest BCUT2D eigenvalue weighted by Crippen LogP contribution is -2.16. The third-order valence-corrected chi connectivity index (χ3v) is 5.85. The third kappa shape index (κ3) is 3.70. The fraction of sp³-hybridized carbons (Fsp3) is 0.0357. The van der Waals surface area contributed by atoms with Crippen molar-refractivity contribution in [3.63, 3.8) is 0 Å². The number of amides is 1. The van der Waals surface area contributed by atoms with Crippen molar-refractivity contribution in [3.05, 3.63) is 113 Å². The quantitative estimate of drug-likeness (QED) is 0.432. The molecule has 0 unspecified atom stereocenters. The molecule has 1 amide bonds. The Hall–Kier alpha value is -4.51. The van der Waals surface area contributed by atoms with Crippen molar-refractivity contribution in [1.82, 2.24) is 0 Å². The highest BCUT2D eigenvalue weighted by Gasteiger charge is 2.23.